The van der Waals surface area contributed by atoms with Gasteiger partial charge in [-0.15, -0.1) is 11.8 Å². The minimum absolute atomic E-state index is 0.141. The number of hydrogen-bond acceptors (Lipinski definition) is 5. The van der Waals surface area contributed by atoms with Crippen molar-refractivity contribution in [2.75, 3.05) is 31.4 Å². The van der Waals surface area contributed by atoms with Crippen LogP contribution >= 0.6 is 11.8 Å². The van der Waals surface area contributed by atoms with Crippen LogP contribution in [0.1, 0.15) is 30.0 Å². The number of amides is 1. The molecule has 2 aliphatic rings. The van der Waals surface area contributed by atoms with Gasteiger partial charge in [-0.05, 0) is 37.1 Å². The highest BCUT2D eigenvalue weighted by molar-refractivity contribution is 8.00. The highest BCUT2D eigenvalue weighted by Gasteiger charge is 2.27. The van der Waals surface area contributed by atoms with E-state index >= 15 is 0 Å². The molecule has 5 nitrogen and oxygen atoms in total. The standard InChI is InChI=1S/C22H27N3O2S/c1-25-18-11-16(19(27-2)12-20(18)28-14-21(25)26)13-24-17-9-6-10-23-22(17)15-7-4-3-5-8-15/h3-5,7-8,11-12,17,22-24H,6,9-10,13-14H2,1-2H3. The first kappa shape index (κ1) is 19.3. The minimum Gasteiger partial charge on any atom is -0.496 e. The second-order valence-corrected chi connectivity index (χ2v) is 8.36. The van der Waals surface area contributed by atoms with Crippen molar-refractivity contribution in [2.45, 2.75) is 36.4 Å². The summed E-state index contributed by atoms with van der Waals surface area (Å²) in [7, 11) is 3.56. The summed E-state index contributed by atoms with van der Waals surface area (Å²) in [6.45, 7) is 1.75. The van der Waals surface area contributed by atoms with Gasteiger partial charge in [-0.25, -0.2) is 0 Å². The molecule has 0 aromatic heterocycles. The number of piperidine rings is 1. The quantitative estimate of drug-likeness (QED) is 0.810. The van der Waals surface area contributed by atoms with Crippen LogP contribution in [0.4, 0.5) is 5.69 Å². The molecule has 4 rings (SSSR count). The average molecular weight is 398 g/mol. The van der Waals surface area contributed by atoms with Crippen LogP contribution in [0.3, 0.4) is 0 Å². The van der Waals surface area contributed by atoms with Crippen molar-refractivity contribution in [3.8, 4) is 5.75 Å². The molecule has 28 heavy (non-hydrogen) atoms. The lowest BCUT2D eigenvalue weighted by Gasteiger charge is -2.34. The lowest BCUT2D eigenvalue weighted by molar-refractivity contribution is -0.116. The van der Waals surface area contributed by atoms with E-state index in [4.69, 9.17) is 4.74 Å². The monoisotopic (exact) mass is 397 g/mol. The fourth-order valence-corrected chi connectivity index (χ4v) is 5.04. The Kier molecular flexibility index (Phi) is 5.90. The number of hydrogen-bond donors (Lipinski definition) is 2. The molecule has 2 aliphatic heterocycles. The average Bonchev–Trinajstić information content (AvgIpc) is 2.75. The van der Waals surface area contributed by atoms with E-state index in [2.05, 4.69) is 53.1 Å². The van der Waals surface area contributed by atoms with E-state index in [1.165, 1.54) is 5.56 Å². The van der Waals surface area contributed by atoms with Crippen LogP contribution in [0.2, 0.25) is 0 Å². The molecule has 6 heteroatoms. The second kappa shape index (κ2) is 8.55. The van der Waals surface area contributed by atoms with Gasteiger partial charge < -0.3 is 20.3 Å². The van der Waals surface area contributed by atoms with Gasteiger partial charge in [-0.3, -0.25) is 4.79 Å². The number of anilines is 1. The number of rotatable bonds is 5. The maximum absolute atomic E-state index is 12.1. The van der Waals surface area contributed by atoms with Gasteiger partial charge >= 0.3 is 0 Å². The molecule has 2 atom stereocenters. The molecule has 0 aliphatic carbocycles. The van der Waals surface area contributed by atoms with Crippen LogP contribution in [-0.2, 0) is 11.3 Å². The first-order chi connectivity index (χ1) is 13.7. The SMILES string of the molecule is COc1cc2c(cc1CNC1CCCNC1c1ccccc1)N(C)C(=O)CS2. The Morgan fingerprint density at radius 3 is 2.89 bits per heavy atom. The number of methoxy groups -OCH3 is 1. The summed E-state index contributed by atoms with van der Waals surface area (Å²) in [6.07, 6.45) is 2.30. The molecule has 1 amide bonds. The minimum atomic E-state index is 0.141. The van der Waals surface area contributed by atoms with Gasteiger partial charge in [0, 0.05) is 36.1 Å². The summed E-state index contributed by atoms with van der Waals surface area (Å²) in [6, 6.07) is 15.4. The first-order valence-corrected chi connectivity index (χ1v) is 10.8. The van der Waals surface area contributed by atoms with E-state index in [0.717, 1.165) is 41.3 Å². The number of ether oxygens (including phenoxy) is 1. The van der Waals surface area contributed by atoms with Crippen LogP contribution in [0.15, 0.2) is 47.4 Å². The summed E-state index contributed by atoms with van der Waals surface area (Å²) < 4.78 is 5.65. The largest absolute Gasteiger partial charge is 0.496 e. The molecular formula is C22H27N3O2S. The number of fused-ring (bicyclic) bond motifs is 1. The number of nitrogens with zero attached hydrogens (tertiary/aromatic N) is 1. The van der Waals surface area contributed by atoms with Crippen molar-refractivity contribution in [2.24, 2.45) is 0 Å². The molecular weight excluding hydrogens is 370 g/mol. The molecule has 2 N–H and O–H groups in total. The Bertz CT molecular complexity index is 843. The van der Waals surface area contributed by atoms with Gasteiger partial charge in [0.25, 0.3) is 0 Å². The Labute approximate surface area is 170 Å². The fourth-order valence-electron chi connectivity index (χ4n) is 4.03. The third kappa shape index (κ3) is 3.90. The van der Waals surface area contributed by atoms with Crippen LogP contribution in [0, 0.1) is 0 Å². The van der Waals surface area contributed by atoms with Crippen molar-refractivity contribution in [1.29, 1.82) is 0 Å². The van der Waals surface area contributed by atoms with Crippen molar-refractivity contribution in [3.63, 3.8) is 0 Å². The van der Waals surface area contributed by atoms with E-state index in [9.17, 15) is 4.79 Å². The number of nitrogens with one attached hydrogen (secondary N) is 2. The highest BCUT2D eigenvalue weighted by atomic mass is 32.2. The first-order valence-electron chi connectivity index (χ1n) is 9.79. The van der Waals surface area contributed by atoms with Gasteiger partial charge in [-0.2, -0.15) is 0 Å². The topological polar surface area (TPSA) is 53.6 Å². The van der Waals surface area contributed by atoms with Gasteiger partial charge in [0.1, 0.15) is 5.75 Å². The van der Waals surface area contributed by atoms with Crippen LogP contribution in [-0.4, -0.2) is 38.4 Å². The van der Waals surface area contributed by atoms with E-state index in [0.29, 0.717) is 24.4 Å². The normalized spacial score (nSPS) is 22.1. The van der Waals surface area contributed by atoms with Gasteiger partial charge in [0.15, 0.2) is 0 Å². The fraction of sp³-hybridized carbons (Fsp3) is 0.409. The lowest BCUT2D eigenvalue weighted by Crippen LogP contribution is -2.45. The molecule has 0 spiro atoms. The molecule has 2 aromatic rings. The van der Waals surface area contributed by atoms with Crippen molar-refractivity contribution in [1.82, 2.24) is 10.6 Å². The Hall–Kier alpha value is -2.02. The summed E-state index contributed by atoms with van der Waals surface area (Å²) in [5, 5.41) is 7.40. The zero-order chi connectivity index (χ0) is 19.5. The zero-order valence-electron chi connectivity index (χ0n) is 16.4. The maximum Gasteiger partial charge on any atom is 0.237 e. The zero-order valence-corrected chi connectivity index (χ0v) is 17.2. The maximum atomic E-state index is 12.1. The third-order valence-electron chi connectivity index (χ3n) is 5.62. The molecule has 148 valence electrons. The van der Waals surface area contributed by atoms with Crippen LogP contribution < -0.4 is 20.3 Å². The van der Waals surface area contributed by atoms with Gasteiger partial charge in [0.2, 0.25) is 5.91 Å². The third-order valence-corrected chi connectivity index (χ3v) is 6.65. The number of thioether (sulfide) groups is 1. The second-order valence-electron chi connectivity index (χ2n) is 7.35. The molecule has 0 bridgehead atoms. The van der Waals surface area contributed by atoms with Crippen molar-refractivity contribution >= 4 is 23.4 Å². The van der Waals surface area contributed by atoms with Gasteiger partial charge in [0.05, 0.1) is 18.6 Å². The molecule has 1 fully saturated rings. The summed E-state index contributed by atoms with van der Waals surface area (Å²) >= 11 is 1.58. The predicted octanol–water partition coefficient (Wildman–Crippen LogP) is 3.35. The number of carbonyl (C=O) groups excluding carboxylic acids is 1. The highest BCUT2D eigenvalue weighted by Crippen LogP contribution is 2.39. The van der Waals surface area contributed by atoms with Gasteiger partial charge in [-0.1, -0.05) is 30.3 Å². The summed E-state index contributed by atoms with van der Waals surface area (Å²) in [5.41, 5.74) is 3.37. The van der Waals surface area contributed by atoms with E-state index in [1.54, 1.807) is 23.8 Å². The van der Waals surface area contributed by atoms with Crippen molar-refractivity contribution < 1.29 is 9.53 Å². The smallest absolute Gasteiger partial charge is 0.237 e. The Morgan fingerprint density at radius 2 is 2.11 bits per heavy atom. The molecule has 0 radical (unpaired) electrons. The molecule has 0 saturated carbocycles. The van der Waals surface area contributed by atoms with Crippen molar-refractivity contribution in [3.05, 3.63) is 53.6 Å². The molecule has 2 aromatic carbocycles. The molecule has 2 unspecified atom stereocenters. The van der Waals surface area contributed by atoms with E-state index in [-0.39, 0.29) is 5.91 Å². The predicted molar refractivity (Wildman–Crippen MR) is 114 cm³/mol. The molecule has 1 saturated heterocycles. The van der Waals surface area contributed by atoms with E-state index in [1.807, 2.05) is 7.05 Å². The summed E-state index contributed by atoms with van der Waals surface area (Å²) in [4.78, 5) is 14.9. The number of carbonyl (C=O) groups is 1. The molecule has 2 heterocycles. The van der Waals surface area contributed by atoms with Crippen LogP contribution in [0.25, 0.3) is 0 Å². The number of benzene rings is 2. The Balaban J connectivity index is 1.54. The lowest BCUT2D eigenvalue weighted by atomic mass is 9.92. The van der Waals surface area contributed by atoms with Crippen LogP contribution in [0.5, 0.6) is 5.75 Å². The summed E-state index contributed by atoms with van der Waals surface area (Å²) in [5.74, 6) is 1.50. The Morgan fingerprint density at radius 1 is 1.29 bits per heavy atom. The van der Waals surface area contributed by atoms with E-state index < -0.39 is 0 Å².